The predicted octanol–water partition coefficient (Wildman–Crippen LogP) is 2.84. The number of ether oxygens (including phenoxy) is 1. The molecule has 27 heavy (non-hydrogen) atoms. The van der Waals surface area contributed by atoms with Crippen LogP contribution in [0, 0.1) is 12.7 Å². The summed E-state index contributed by atoms with van der Waals surface area (Å²) in [7, 11) is 1.64. The number of hydrogen-bond acceptors (Lipinski definition) is 5. The van der Waals surface area contributed by atoms with E-state index in [2.05, 4.69) is 15.3 Å². The molecule has 2 aromatic heterocycles. The van der Waals surface area contributed by atoms with E-state index in [0.29, 0.717) is 30.1 Å². The molecule has 7 heteroatoms. The standard InChI is InChI=1S/C20H19FN4O2/c1-12-13(4-3-8-22-12)16-11-24-20(25(2)19(16)26)23-10-15-14-7-9-27-18(14)6-5-17(15)21/h3-6,8,11H,7,9-10H2,1-2H3,(H,23,24). The SMILES string of the molecule is Cc1ncccc1-c1cnc(NCc2c(F)ccc3c2CCO3)n(C)c1=O. The van der Waals surface area contributed by atoms with E-state index < -0.39 is 0 Å². The quantitative estimate of drug-likeness (QED) is 0.769. The van der Waals surface area contributed by atoms with Crippen LogP contribution in [0.2, 0.25) is 0 Å². The van der Waals surface area contributed by atoms with Gasteiger partial charge in [0.2, 0.25) is 5.95 Å². The minimum absolute atomic E-state index is 0.189. The maximum absolute atomic E-state index is 14.3. The van der Waals surface area contributed by atoms with Crippen molar-refractivity contribution in [2.45, 2.75) is 19.9 Å². The number of fused-ring (bicyclic) bond motifs is 1. The second-order valence-corrected chi connectivity index (χ2v) is 6.45. The molecule has 0 unspecified atom stereocenters. The molecular formula is C20H19FN4O2. The number of anilines is 1. The summed E-state index contributed by atoms with van der Waals surface area (Å²) >= 11 is 0. The van der Waals surface area contributed by atoms with Gasteiger partial charge in [-0.25, -0.2) is 9.37 Å². The van der Waals surface area contributed by atoms with Crippen molar-refractivity contribution >= 4 is 5.95 Å². The number of aromatic nitrogens is 3. The molecule has 1 aromatic carbocycles. The fourth-order valence-corrected chi connectivity index (χ4v) is 3.34. The molecule has 1 N–H and O–H groups in total. The number of nitrogens with zero attached hydrogens (tertiary/aromatic N) is 3. The summed E-state index contributed by atoms with van der Waals surface area (Å²) in [5.74, 6) is 0.804. The molecule has 4 rings (SSSR count). The van der Waals surface area contributed by atoms with Gasteiger partial charge in [0, 0.05) is 54.8 Å². The number of pyridine rings is 1. The highest BCUT2D eigenvalue weighted by Gasteiger charge is 2.20. The lowest BCUT2D eigenvalue weighted by atomic mass is 10.0. The van der Waals surface area contributed by atoms with Crippen LogP contribution in [-0.4, -0.2) is 21.1 Å². The lowest BCUT2D eigenvalue weighted by Crippen LogP contribution is -2.24. The van der Waals surface area contributed by atoms with Gasteiger partial charge in [0.05, 0.1) is 12.2 Å². The molecule has 3 aromatic rings. The van der Waals surface area contributed by atoms with Gasteiger partial charge in [-0.15, -0.1) is 0 Å². The Morgan fingerprint density at radius 3 is 2.93 bits per heavy atom. The van der Waals surface area contributed by atoms with Crippen molar-refractivity contribution in [3.63, 3.8) is 0 Å². The van der Waals surface area contributed by atoms with E-state index in [-0.39, 0.29) is 17.9 Å². The Labute approximate surface area is 155 Å². The first-order valence-corrected chi connectivity index (χ1v) is 8.71. The Morgan fingerprint density at radius 1 is 1.26 bits per heavy atom. The van der Waals surface area contributed by atoms with E-state index in [1.165, 1.54) is 16.8 Å². The monoisotopic (exact) mass is 366 g/mol. The molecule has 0 fully saturated rings. The van der Waals surface area contributed by atoms with Crippen LogP contribution in [0.3, 0.4) is 0 Å². The Kier molecular flexibility index (Phi) is 4.35. The third kappa shape index (κ3) is 3.05. The van der Waals surface area contributed by atoms with E-state index in [9.17, 15) is 9.18 Å². The maximum atomic E-state index is 14.3. The first-order valence-electron chi connectivity index (χ1n) is 8.71. The van der Waals surface area contributed by atoms with Crippen LogP contribution in [0.15, 0.2) is 41.5 Å². The van der Waals surface area contributed by atoms with Crippen LogP contribution >= 0.6 is 0 Å². The van der Waals surface area contributed by atoms with E-state index in [0.717, 1.165) is 22.6 Å². The topological polar surface area (TPSA) is 69.0 Å². The maximum Gasteiger partial charge on any atom is 0.262 e. The number of rotatable bonds is 4. The van der Waals surface area contributed by atoms with Crippen molar-refractivity contribution in [1.29, 1.82) is 0 Å². The van der Waals surface area contributed by atoms with Gasteiger partial charge < -0.3 is 10.1 Å². The summed E-state index contributed by atoms with van der Waals surface area (Å²) in [4.78, 5) is 21.4. The van der Waals surface area contributed by atoms with Crippen molar-refractivity contribution in [1.82, 2.24) is 14.5 Å². The number of nitrogens with one attached hydrogen (secondary N) is 1. The summed E-state index contributed by atoms with van der Waals surface area (Å²) in [5, 5.41) is 3.07. The average Bonchev–Trinajstić information content (AvgIpc) is 3.14. The van der Waals surface area contributed by atoms with Gasteiger partial charge >= 0.3 is 0 Å². The molecule has 138 valence electrons. The first kappa shape index (κ1) is 17.2. The Hall–Kier alpha value is -3.22. The van der Waals surface area contributed by atoms with Crippen molar-refractivity contribution in [3.8, 4) is 16.9 Å². The Morgan fingerprint density at radius 2 is 2.11 bits per heavy atom. The van der Waals surface area contributed by atoms with E-state index >= 15 is 0 Å². The summed E-state index contributed by atoms with van der Waals surface area (Å²) in [6.07, 6.45) is 3.89. The van der Waals surface area contributed by atoms with Crippen molar-refractivity contribution < 1.29 is 9.13 Å². The van der Waals surface area contributed by atoms with Gasteiger partial charge in [-0.1, -0.05) is 6.07 Å². The summed E-state index contributed by atoms with van der Waals surface area (Å²) < 4.78 is 21.2. The molecule has 0 radical (unpaired) electrons. The molecule has 3 heterocycles. The third-order valence-electron chi connectivity index (χ3n) is 4.83. The summed E-state index contributed by atoms with van der Waals surface area (Å²) in [6, 6.07) is 6.69. The normalized spacial score (nSPS) is 12.6. The van der Waals surface area contributed by atoms with Gasteiger partial charge in [-0.05, 0) is 25.1 Å². The van der Waals surface area contributed by atoms with Crippen LogP contribution in [0.25, 0.3) is 11.1 Å². The van der Waals surface area contributed by atoms with Gasteiger partial charge in [0.15, 0.2) is 0 Å². The van der Waals surface area contributed by atoms with E-state index in [1.54, 1.807) is 25.4 Å². The van der Waals surface area contributed by atoms with Gasteiger partial charge in [0.1, 0.15) is 11.6 Å². The van der Waals surface area contributed by atoms with Crippen LogP contribution in [0.5, 0.6) is 5.75 Å². The summed E-state index contributed by atoms with van der Waals surface area (Å²) in [5.41, 5.74) is 3.22. The second-order valence-electron chi connectivity index (χ2n) is 6.45. The fraction of sp³-hybridized carbons (Fsp3) is 0.250. The summed E-state index contributed by atoms with van der Waals surface area (Å²) in [6.45, 7) is 2.63. The van der Waals surface area contributed by atoms with Crippen LogP contribution in [0.4, 0.5) is 10.3 Å². The van der Waals surface area contributed by atoms with Crippen LogP contribution in [0.1, 0.15) is 16.8 Å². The zero-order chi connectivity index (χ0) is 19.0. The molecule has 0 atom stereocenters. The molecule has 6 nitrogen and oxygen atoms in total. The smallest absolute Gasteiger partial charge is 0.262 e. The van der Waals surface area contributed by atoms with E-state index in [4.69, 9.17) is 4.74 Å². The number of halogens is 1. The highest BCUT2D eigenvalue weighted by molar-refractivity contribution is 5.64. The Balaban J connectivity index is 1.64. The highest BCUT2D eigenvalue weighted by Crippen LogP contribution is 2.30. The molecule has 0 amide bonds. The minimum atomic E-state index is -0.292. The minimum Gasteiger partial charge on any atom is -0.493 e. The Bertz CT molecular complexity index is 1080. The van der Waals surface area contributed by atoms with Gasteiger partial charge in [-0.2, -0.15) is 0 Å². The fourth-order valence-electron chi connectivity index (χ4n) is 3.34. The highest BCUT2D eigenvalue weighted by atomic mass is 19.1. The zero-order valence-electron chi connectivity index (χ0n) is 15.1. The number of benzene rings is 1. The molecule has 0 aliphatic carbocycles. The molecule has 0 spiro atoms. The third-order valence-corrected chi connectivity index (χ3v) is 4.83. The lowest BCUT2D eigenvalue weighted by molar-refractivity contribution is 0.356. The van der Waals surface area contributed by atoms with E-state index in [1.807, 2.05) is 13.0 Å². The van der Waals surface area contributed by atoms with Crippen molar-refractivity contribution in [2.24, 2.45) is 7.05 Å². The predicted molar refractivity (Wildman–Crippen MR) is 100 cm³/mol. The largest absolute Gasteiger partial charge is 0.493 e. The second kappa shape index (κ2) is 6.83. The van der Waals surface area contributed by atoms with Crippen molar-refractivity contribution in [2.75, 3.05) is 11.9 Å². The number of aryl methyl sites for hydroxylation is 1. The van der Waals surface area contributed by atoms with Crippen molar-refractivity contribution in [3.05, 3.63) is 69.7 Å². The lowest BCUT2D eigenvalue weighted by Gasteiger charge is -2.14. The molecule has 1 aliphatic heterocycles. The number of hydrogen-bond donors (Lipinski definition) is 1. The molecule has 0 saturated carbocycles. The first-order chi connectivity index (χ1) is 13.1. The zero-order valence-corrected chi connectivity index (χ0v) is 15.1. The van der Waals surface area contributed by atoms with Crippen LogP contribution < -0.4 is 15.6 Å². The molecular weight excluding hydrogens is 347 g/mol. The van der Waals surface area contributed by atoms with Crippen LogP contribution in [-0.2, 0) is 20.0 Å². The molecule has 0 bridgehead atoms. The van der Waals surface area contributed by atoms with Gasteiger partial charge in [-0.3, -0.25) is 14.3 Å². The molecule has 0 saturated heterocycles. The van der Waals surface area contributed by atoms with Gasteiger partial charge in [0.25, 0.3) is 5.56 Å². The average molecular weight is 366 g/mol. The molecule has 1 aliphatic rings.